The third-order valence-corrected chi connectivity index (χ3v) is 5.62. The topological polar surface area (TPSA) is 95.7 Å². The number of nitrogens with two attached hydrogens (primary N) is 1. The third kappa shape index (κ3) is 5.88. The number of aryl methyl sites for hydroxylation is 1. The summed E-state index contributed by atoms with van der Waals surface area (Å²) >= 11 is 0. The number of amides is 3. The number of nitrogen functional groups attached to an aromatic ring is 1. The van der Waals surface area contributed by atoms with Crippen LogP contribution in [0.5, 0.6) is 0 Å². The van der Waals surface area contributed by atoms with Crippen molar-refractivity contribution < 1.29 is 18.8 Å². The minimum Gasteiger partial charge on any atom is -0.399 e. The Labute approximate surface area is 181 Å². The number of hydrogen-bond acceptors (Lipinski definition) is 5. The summed E-state index contributed by atoms with van der Waals surface area (Å²) in [5.41, 5.74) is 8.27. The molecule has 31 heavy (non-hydrogen) atoms. The van der Waals surface area contributed by atoms with Gasteiger partial charge in [0.05, 0.1) is 0 Å². The number of benzene rings is 2. The van der Waals surface area contributed by atoms with Crippen LogP contribution in [-0.2, 0) is 4.79 Å². The van der Waals surface area contributed by atoms with E-state index in [0.29, 0.717) is 55.8 Å². The number of ketones is 1. The number of imide groups is 1. The third-order valence-electron chi connectivity index (χ3n) is 5.62. The lowest BCUT2D eigenvalue weighted by atomic mass is 9.89. The van der Waals surface area contributed by atoms with Crippen LogP contribution >= 0.6 is 0 Å². The first-order valence-electron chi connectivity index (χ1n) is 10.3. The summed E-state index contributed by atoms with van der Waals surface area (Å²) in [5.74, 6) is -0.421. The minimum atomic E-state index is -0.496. The van der Waals surface area contributed by atoms with Gasteiger partial charge in [-0.05, 0) is 80.9 Å². The monoisotopic (exact) mass is 426 g/mol. The van der Waals surface area contributed by atoms with Crippen LogP contribution in [0.15, 0.2) is 42.5 Å². The van der Waals surface area contributed by atoms with Crippen molar-refractivity contribution in [1.29, 1.82) is 0 Å². The Kier molecular flexibility index (Phi) is 7.36. The molecule has 2 aromatic carbocycles. The predicted molar refractivity (Wildman–Crippen MR) is 117 cm³/mol. The van der Waals surface area contributed by atoms with Gasteiger partial charge in [0, 0.05) is 35.9 Å². The Morgan fingerprint density at radius 2 is 1.87 bits per heavy atom. The molecule has 3 amide bonds. The molecule has 7 nitrogen and oxygen atoms in total. The molecule has 0 spiro atoms. The summed E-state index contributed by atoms with van der Waals surface area (Å²) in [5, 5.41) is 2.73. The zero-order valence-electron chi connectivity index (χ0n) is 17.5. The Morgan fingerprint density at radius 1 is 1.19 bits per heavy atom. The average Bonchev–Trinajstić information content (AvgIpc) is 2.76. The van der Waals surface area contributed by atoms with Crippen LogP contribution in [0.25, 0.3) is 0 Å². The number of likely N-dealkylation sites (tertiary alicyclic amines) is 1. The molecule has 2 aromatic rings. The summed E-state index contributed by atoms with van der Waals surface area (Å²) in [6.45, 7) is 4.00. The van der Waals surface area contributed by atoms with E-state index in [9.17, 15) is 18.8 Å². The molecule has 1 aliphatic heterocycles. The quantitative estimate of drug-likeness (QED) is 0.402. The highest BCUT2D eigenvalue weighted by molar-refractivity contribution is 5.98. The summed E-state index contributed by atoms with van der Waals surface area (Å²) in [6.07, 6.45) is 1.90. The van der Waals surface area contributed by atoms with Crippen LogP contribution in [0.4, 0.5) is 20.6 Å². The Balaban J connectivity index is 1.47. The lowest BCUT2D eigenvalue weighted by Crippen LogP contribution is -2.43. The SMILES string of the molecule is Cc1cc(N)ccc1NC(=O)N(C=O)CCN1CCC(C(=O)c2ccc(F)cc2)CC1. The van der Waals surface area contributed by atoms with E-state index < -0.39 is 6.03 Å². The first kappa shape index (κ1) is 22.4. The fraction of sp³-hybridized carbons (Fsp3) is 0.348. The summed E-state index contributed by atoms with van der Waals surface area (Å²) in [7, 11) is 0. The highest BCUT2D eigenvalue weighted by atomic mass is 19.1. The van der Waals surface area contributed by atoms with Crippen LogP contribution in [0.3, 0.4) is 0 Å². The summed E-state index contributed by atoms with van der Waals surface area (Å²) < 4.78 is 13.1. The number of rotatable bonds is 7. The molecule has 0 bridgehead atoms. The van der Waals surface area contributed by atoms with Crippen molar-refractivity contribution in [3.63, 3.8) is 0 Å². The number of anilines is 2. The van der Waals surface area contributed by atoms with Gasteiger partial charge in [0.15, 0.2) is 5.78 Å². The number of Topliss-reactive ketones (excluding diaryl/α,β-unsaturated/α-hetero) is 1. The number of halogens is 1. The van der Waals surface area contributed by atoms with E-state index in [2.05, 4.69) is 10.2 Å². The number of urea groups is 1. The number of hydrogen-bond donors (Lipinski definition) is 2. The molecule has 0 atom stereocenters. The molecule has 1 saturated heterocycles. The molecule has 0 radical (unpaired) electrons. The predicted octanol–water partition coefficient (Wildman–Crippen LogP) is 3.30. The van der Waals surface area contributed by atoms with E-state index in [-0.39, 0.29) is 24.1 Å². The van der Waals surface area contributed by atoms with Crippen LogP contribution in [-0.4, -0.2) is 54.2 Å². The van der Waals surface area contributed by atoms with Crippen molar-refractivity contribution in [1.82, 2.24) is 9.80 Å². The Hall–Kier alpha value is -3.26. The van der Waals surface area contributed by atoms with E-state index in [4.69, 9.17) is 5.73 Å². The van der Waals surface area contributed by atoms with Crippen LogP contribution < -0.4 is 11.1 Å². The van der Waals surface area contributed by atoms with Gasteiger partial charge in [0.1, 0.15) is 5.82 Å². The van der Waals surface area contributed by atoms with E-state index in [1.165, 1.54) is 24.3 Å². The van der Waals surface area contributed by atoms with Crippen molar-refractivity contribution in [2.24, 2.45) is 5.92 Å². The first-order chi connectivity index (χ1) is 14.9. The Morgan fingerprint density at radius 3 is 2.48 bits per heavy atom. The molecular formula is C23H27FN4O3. The second-order valence-electron chi connectivity index (χ2n) is 7.79. The summed E-state index contributed by atoms with van der Waals surface area (Å²) in [6, 6.07) is 10.3. The molecule has 3 rings (SSSR count). The molecule has 0 unspecified atom stereocenters. The number of nitrogens with one attached hydrogen (secondary N) is 1. The van der Waals surface area contributed by atoms with Gasteiger partial charge < -0.3 is 16.0 Å². The molecule has 3 N–H and O–H groups in total. The molecular weight excluding hydrogens is 399 g/mol. The van der Waals surface area contributed by atoms with Crippen LogP contribution in [0.1, 0.15) is 28.8 Å². The molecule has 1 heterocycles. The summed E-state index contributed by atoms with van der Waals surface area (Å²) in [4.78, 5) is 39.7. The smallest absolute Gasteiger partial charge is 0.328 e. The maximum atomic E-state index is 13.1. The van der Waals surface area contributed by atoms with E-state index >= 15 is 0 Å². The maximum absolute atomic E-state index is 13.1. The molecule has 164 valence electrons. The van der Waals surface area contributed by atoms with Gasteiger partial charge in [-0.1, -0.05) is 0 Å². The van der Waals surface area contributed by atoms with Crippen molar-refractivity contribution in [3.8, 4) is 0 Å². The first-order valence-corrected chi connectivity index (χ1v) is 10.3. The second-order valence-corrected chi connectivity index (χ2v) is 7.79. The van der Waals surface area contributed by atoms with Gasteiger partial charge >= 0.3 is 6.03 Å². The number of nitrogens with zero attached hydrogens (tertiary/aromatic N) is 2. The van der Waals surface area contributed by atoms with Crippen LogP contribution in [0.2, 0.25) is 0 Å². The standard InChI is InChI=1S/C23H27FN4O3/c1-16-14-20(25)6-7-21(16)26-23(31)28(15-29)13-12-27-10-8-18(9-11-27)22(30)17-2-4-19(24)5-3-17/h2-7,14-15,18H,8-13,25H2,1H3,(H,26,31). The van der Waals surface area contributed by atoms with Crippen molar-refractivity contribution >= 4 is 29.6 Å². The number of carbonyl (C=O) groups excluding carboxylic acids is 3. The number of piperidine rings is 1. The van der Waals surface area contributed by atoms with Crippen molar-refractivity contribution in [2.75, 3.05) is 37.2 Å². The lowest BCUT2D eigenvalue weighted by molar-refractivity contribution is -0.115. The number of carbonyl (C=O) groups is 3. The highest BCUT2D eigenvalue weighted by Gasteiger charge is 2.26. The molecule has 0 aromatic heterocycles. The average molecular weight is 426 g/mol. The van der Waals surface area contributed by atoms with E-state index in [0.717, 1.165) is 10.5 Å². The second kappa shape index (κ2) is 10.2. The van der Waals surface area contributed by atoms with Gasteiger partial charge in [-0.2, -0.15) is 0 Å². The van der Waals surface area contributed by atoms with Gasteiger partial charge in [0.2, 0.25) is 6.41 Å². The largest absolute Gasteiger partial charge is 0.399 e. The molecule has 0 aliphatic carbocycles. The zero-order chi connectivity index (χ0) is 22.4. The van der Waals surface area contributed by atoms with E-state index in [1.807, 2.05) is 6.92 Å². The highest BCUT2D eigenvalue weighted by Crippen LogP contribution is 2.22. The Bertz CT molecular complexity index is 940. The normalized spacial score (nSPS) is 14.8. The van der Waals surface area contributed by atoms with Crippen LogP contribution in [0, 0.1) is 18.7 Å². The van der Waals surface area contributed by atoms with Gasteiger partial charge in [0.25, 0.3) is 0 Å². The molecule has 1 fully saturated rings. The molecule has 8 heteroatoms. The van der Waals surface area contributed by atoms with Crippen molar-refractivity contribution in [3.05, 3.63) is 59.4 Å². The minimum absolute atomic E-state index is 0.0346. The maximum Gasteiger partial charge on any atom is 0.328 e. The van der Waals surface area contributed by atoms with Gasteiger partial charge in [-0.25, -0.2) is 9.18 Å². The fourth-order valence-electron chi connectivity index (χ4n) is 3.73. The fourth-order valence-corrected chi connectivity index (χ4v) is 3.73. The molecule has 1 aliphatic rings. The molecule has 0 saturated carbocycles. The zero-order valence-corrected chi connectivity index (χ0v) is 17.5. The van der Waals surface area contributed by atoms with Gasteiger partial charge in [-0.3, -0.25) is 14.5 Å². The van der Waals surface area contributed by atoms with E-state index in [1.54, 1.807) is 18.2 Å². The van der Waals surface area contributed by atoms with Gasteiger partial charge in [-0.15, -0.1) is 0 Å². The van der Waals surface area contributed by atoms with Crippen molar-refractivity contribution in [2.45, 2.75) is 19.8 Å². The lowest BCUT2D eigenvalue weighted by Gasteiger charge is -2.32.